The van der Waals surface area contributed by atoms with Crippen LogP contribution in [0.2, 0.25) is 0 Å². The van der Waals surface area contributed by atoms with Crippen LogP contribution in [0.3, 0.4) is 0 Å². The molecule has 0 amide bonds. The molecule has 0 heterocycles. The predicted molar refractivity (Wildman–Crippen MR) is 274 cm³/mol. The fourth-order valence-electron chi connectivity index (χ4n) is 6.94. The zero-order chi connectivity index (χ0) is 46.5. The van der Waals surface area contributed by atoms with Crippen molar-refractivity contribution in [1.29, 1.82) is 0 Å². The van der Waals surface area contributed by atoms with E-state index in [0.717, 1.165) is 96.3 Å². The number of rotatable bonds is 46. The summed E-state index contributed by atoms with van der Waals surface area (Å²) in [7, 11) is 0. The minimum absolute atomic E-state index is 0.108. The lowest BCUT2D eigenvalue weighted by molar-refractivity contribution is -0.167. The molecule has 364 valence electrons. The molecule has 0 aromatic carbocycles. The summed E-state index contributed by atoms with van der Waals surface area (Å²) in [4.78, 5) is 37.9. The van der Waals surface area contributed by atoms with E-state index in [1.165, 1.54) is 89.9 Å². The zero-order valence-electron chi connectivity index (χ0n) is 41.5. The summed E-state index contributed by atoms with van der Waals surface area (Å²) in [5, 5.41) is 0. The van der Waals surface area contributed by atoms with Crippen LogP contribution < -0.4 is 0 Å². The van der Waals surface area contributed by atoms with E-state index in [2.05, 4.69) is 118 Å². The number of carbonyl (C=O) groups excluding carboxylic acids is 3. The third-order valence-electron chi connectivity index (χ3n) is 10.8. The average Bonchev–Trinajstić information content (AvgIpc) is 3.29. The van der Waals surface area contributed by atoms with E-state index in [4.69, 9.17) is 14.2 Å². The maximum absolute atomic E-state index is 12.8. The summed E-state index contributed by atoms with van der Waals surface area (Å²) in [6.07, 6.45) is 68.3. The van der Waals surface area contributed by atoms with E-state index < -0.39 is 6.10 Å². The van der Waals surface area contributed by atoms with Gasteiger partial charge in [-0.3, -0.25) is 14.4 Å². The van der Waals surface area contributed by atoms with Gasteiger partial charge in [-0.25, -0.2) is 0 Å². The number of allylic oxidation sites excluding steroid dienone is 16. The van der Waals surface area contributed by atoms with Crippen LogP contribution in [0, 0.1) is 0 Å². The second kappa shape index (κ2) is 52.0. The molecule has 64 heavy (non-hydrogen) atoms. The van der Waals surface area contributed by atoms with Crippen molar-refractivity contribution in [3.8, 4) is 0 Å². The molecule has 0 bridgehead atoms. The maximum atomic E-state index is 12.8. The van der Waals surface area contributed by atoms with Crippen LogP contribution in [-0.4, -0.2) is 37.2 Å². The Morgan fingerprint density at radius 3 is 1.12 bits per heavy atom. The number of unbranched alkanes of at least 4 members (excludes halogenated alkanes) is 20. The largest absolute Gasteiger partial charge is 0.462 e. The number of carbonyl (C=O) groups is 3. The van der Waals surface area contributed by atoms with Crippen molar-refractivity contribution in [3.05, 3.63) is 97.2 Å². The van der Waals surface area contributed by atoms with Gasteiger partial charge in [0.1, 0.15) is 13.2 Å². The molecule has 6 heteroatoms. The van der Waals surface area contributed by atoms with Gasteiger partial charge in [0, 0.05) is 19.3 Å². The normalized spacial score (nSPS) is 12.9. The van der Waals surface area contributed by atoms with Crippen LogP contribution in [0.25, 0.3) is 0 Å². The Balaban J connectivity index is 4.44. The molecule has 0 aliphatic heterocycles. The summed E-state index contributed by atoms with van der Waals surface area (Å²) in [5.74, 6) is -0.999. The van der Waals surface area contributed by atoms with Gasteiger partial charge in [-0.2, -0.15) is 0 Å². The highest BCUT2D eigenvalue weighted by Crippen LogP contribution is 2.14. The van der Waals surface area contributed by atoms with Gasteiger partial charge in [0.05, 0.1) is 0 Å². The highest BCUT2D eigenvalue weighted by atomic mass is 16.6. The number of hydrogen-bond acceptors (Lipinski definition) is 6. The van der Waals surface area contributed by atoms with Crippen LogP contribution in [-0.2, 0) is 28.6 Å². The molecular weight excluding hydrogens is 793 g/mol. The first-order chi connectivity index (χ1) is 31.5. The van der Waals surface area contributed by atoms with E-state index in [9.17, 15) is 14.4 Å². The second-order valence-corrected chi connectivity index (χ2v) is 17.0. The van der Waals surface area contributed by atoms with Crippen LogP contribution >= 0.6 is 0 Å². The van der Waals surface area contributed by atoms with E-state index in [1.54, 1.807) is 0 Å². The summed E-state index contributed by atoms with van der Waals surface area (Å²) < 4.78 is 16.7. The molecule has 0 aliphatic carbocycles. The average molecular weight is 889 g/mol. The molecule has 0 fully saturated rings. The Labute approximate surface area is 394 Å². The summed E-state index contributed by atoms with van der Waals surface area (Å²) in [6.45, 7) is 6.32. The third-order valence-corrected chi connectivity index (χ3v) is 10.8. The fraction of sp³-hybridized carbons (Fsp3) is 0.672. The minimum atomic E-state index is -0.814. The lowest BCUT2D eigenvalue weighted by Crippen LogP contribution is -2.30. The molecule has 6 nitrogen and oxygen atoms in total. The Morgan fingerprint density at radius 2 is 0.672 bits per heavy atom. The molecule has 0 aromatic heterocycles. The van der Waals surface area contributed by atoms with Crippen molar-refractivity contribution >= 4 is 17.9 Å². The van der Waals surface area contributed by atoms with Gasteiger partial charge < -0.3 is 14.2 Å². The topological polar surface area (TPSA) is 78.9 Å². The highest BCUT2D eigenvalue weighted by molar-refractivity contribution is 5.71. The SMILES string of the molecule is CC/C=C\C/C=C\C/C=C\CCCCCCCCCCCC(=O)OCC(COC(=O)CCC/C=C\C/C=C\C/C=C\CC)OC(=O)CCCCC/C=C\C=C/CCCCCCCCC. The molecule has 0 aliphatic rings. The number of hydrogen-bond donors (Lipinski definition) is 0. The lowest BCUT2D eigenvalue weighted by atomic mass is 10.1. The maximum Gasteiger partial charge on any atom is 0.306 e. The number of ether oxygens (including phenoxy) is 3. The van der Waals surface area contributed by atoms with E-state index >= 15 is 0 Å². The Kier molecular flexibility index (Phi) is 49.0. The van der Waals surface area contributed by atoms with Gasteiger partial charge in [0.25, 0.3) is 0 Å². The molecule has 0 rings (SSSR count). The lowest BCUT2D eigenvalue weighted by Gasteiger charge is -2.18. The molecule has 0 saturated heterocycles. The van der Waals surface area contributed by atoms with Gasteiger partial charge in [0.15, 0.2) is 6.10 Å². The van der Waals surface area contributed by atoms with Crippen LogP contribution in [0.15, 0.2) is 97.2 Å². The standard InChI is InChI=1S/C58H96O6/c1-4-7-10-13-16-19-22-24-26-28-29-30-32-33-36-39-42-45-48-51-57(60)63-54-55(53-62-56(59)50-47-44-41-38-35-21-18-15-12-9-6-3)64-58(61)52-49-46-43-40-37-34-31-27-25-23-20-17-14-11-8-5-2/h7,9-10,12,16,18-19,21,24,26-27,31,34,37-38,41,55H,4-6,8,11,13-15,17,20,22-23,25,28-30,32-33,35-36,39-40,42-54H2,1-3H3/b10-7-,12-9-,19-16-,21-18-,26-24-,31-27-,37-34-,41-38-. The van der Waals surface area contributed by atoms with Gasteiger partial charge >= 0.3 is 17.9 Å². The molecule has 1 atom stereocenters. The predicted octanol–water partition coefficient (Wildman–Crippen LogP) is 17.4. The van der Waals surface area contributed by atoms with Crippen molar-refractivity contribution in [3.63, 3.8) is 0 Å². The van der Waals surface area contributed by atoms with Crippen LogP contribution in [0.5, 0.6) is 0 Å². The van der Waals surface area contributed by atoms with Crippen molar-refractivity contribution < 1.29 is 28.6 Å². The molecule has 0 spiro atoms. The van der Waals surface area contributed by atoms with Crippen molar-refractivity contribution in [1.82, 2.24) is 0 Å². The first kappa shape index (κ1) is 60.3. The van der Waals surface area contributed by atoms with Gasteiger partial charge in [0.2, 0.25) is 0 Å². The van der Waals surface area contributed by atoms with Gasteiger partial charge in [-0.1, -0.05) is 208 Å². The second-order valence-electron chi connectivity index (χ2n) is 17.0. The fourth-order valence-corrected chi connectivity index (χ4v) is 6.94. The molecular formula is C58H96O6. The zero-order valence-corrected chi connectivity index (χ0v) is 41.5. The van der Waals surface area contributed by atoms with Crippen LogP contribution in [0.1, 0.15) is 233 Å². The highest BCUT2D eigenvalue weighted by Gasteiger charge is 2.19. The van der Waals surface area contributed by atoms with Crippen molar-refractivity contribution in [2.24, 2.45) is 0 Å². The van der Waals surface area contributed by atoms with E-state index in [1.807, 2.05) is 0 Å². The summed E-state index contributed by atoms with van der Waals surface area (Å²) in [5.41, 5.74) is 0. The Bertz CT molecular complexity index is 1300. The van der Waals surface area contributed by atoms with Crippen LogP contribution in [0.4, 0.5) is 0 Å². The quantitative estimate of drug-likeness (QED) is 0.0199. The first-order valence-corrected chi connectivity index (χ1v) is 26.3. The molecule has 0 N–H and O–H groups in total. The molecule has 0 radical (unpaired) electrons. The van der Waals surface area contributed by atoms with Crippen molar-refractivity contribution in [2.45, 2.75) is 239 Å². The Morgan fingerprint density at radius 1 is 0.344 bits per heavy atom. The third kappa shape index (κ3) is 49.3. The monoisotopic (exact) mass is 889 g/mol. The van der Waals surface area contributed by atoms with Crippen molar-refractivity contribution in [2.75, 3.05) is 13.2 Å². The van der Waals surface area contributed by atoms with Gasteiger partial charge in [-0.15, -0.1) is 0 Å². The number of esters is 3. The molecule has 1 unspecified atom stereocenters. The smallest absolute Gasteiger partial charge is 0.306 e. The van der Waals surface area contributed by atoms with Gasteiger partial charge in [-0.05, 0) is 103 Å². The molecule has 0 aromatic rings. The van der Waals surface area contributed by atoms with E-state index in [0.29, 0.717) is 12.8 Å². The molecule has 0 saturated carbocycles. The minimum Gasteiger partial charge on any atom is -0.462 e. The Hall–Kier alpha value is -3.67. The van der Waals surface area contributed by atoms with E-state index in [-0.39, 0.29) is 44.0 Å². The first-order valence-electron chi connectivity index (χ1n) is 26.3. The summed E-state index contributed by atoms with van der Waals surface area (Å²) >= 11 is 0. The summed E-state index contributed by atoms with van der Waals surface area (Å²) in [6, 6.07) is 0.